The van der Waals surface area contributed by atoms with Crippen molar-refractivity contribution in [3.63, 3.8) is 0 Å². The van der Waals surface area contributed by atoms with Gasteiger partial charge in [0.25, 0.3) is 0 Å². The van der Waals surface area contributed by atoms with E-state index in [9.17, 15) is 4.79 Å². The number of carbonyl (C=O) groups excluding carboxylic acids is 1. The second-order valence-corrected chi connectivity index (χ2v) is 4.92. The summed E-state index contributed by atoms with van der Waals surface area (Å²) in [6.07, 6.45) is 0.526. The molecule has 0 unspecified atom stereocenters. The van der Waals surface area contributed by atoms with E-state index in [1.807, 2.05) is 31.4 Å². The van der Waals surface area contributed by atoms with Crippen LogP contribution in [0.2, 0.25) is 0 Å². The molecule has 0 bridgehead atoms. The molecule has 0 fully saturated rings. The molecule has 4 heteroatoms. The van der Waals surface area contributed by atoms with Crippen LogP contribution in [0, 0.1) is 6.92 Å². The minimum absolute atomic E-state index is 0.150. The molecular weight excluding hydrogens is 246 g/mol. The minimum Gasteiger partial charge on any atom is -0.486 e. The number of aromatic nitrogens is 1. The first-order valence-corrected chi connectivity index (χ1v) is 6.74. The molecule has 2 aromatic rings. The fourth-order valence-electron chi connectivity index (χ4n) is 1.56. The predicted octanol–water partition coefficient (Wildman–Crippen LogP) is 3.62. The van der Waals surface area contributed by atoms with Crippen LogP contribution in [0.25, 0.3) is 0 Å². The molecule has 0 saturated heterocycles. The second-order valence-electron chi connectivity index (χ2n) is 3.97. The molecule has 0 aliphatic heterocycles. The van der Waals surface area contributed by atoms with Crippen LogP contribution in [-0.4, -0.2) is 10.8 Å². The zero-order valence-electron chi connectivity index (χ0n) is 10.5. The standard InChI is InChI=1S/C14H15NO2S/c1-3-13(16)11-4-6-12(7-5-11)17-8-14-15-10(2)9-18-14/h4-7,9H,3,8H2,1-2H3. The van der Waals surface area contributed by atoms with Gasteiger partial charge in [0.05, 0.1) is 0 Å². The summed E-state index contributed by atoms with van der Waals surface area (Å²) < 4.78 is 5.61. The summed E-state index contributed by atoms with van der Waals surface area (Å²) >= 11 is 1.59. The molecule has 0 N–H and O–H groups in total. The van der Waals surface area contributed by atoms with Crippen LogP contribution in [0.4, 0.5) is 0 Å². The van der Waals surface area contributed by atoms with E-state index in [0.29, 0.717) is 13.0 Å². The van der Waals surface area contributed by atoms with Crippen molar-refractivity contribution in [3.05, 3.63) is 45.9 Å². The van der Waals surface area contributed by atoms with Crippen molar-refractivity contribution in [2.24, 2.45) is 0 Å². The number of benzene rings is 1. The van der Waals surface area contributed by atoms with Gasteiger partial charge < -0.3 is 4.74 Å². The van der Waals surface area contributed by atoms with Gasteiger partial charge in [-0.15, -0.1) is 11.3 Å². The van der Waals surface area contributed by atoms with Gasteiger partial charge in [0.1, 0.15) is 17.4 Å². The molecular formula is C14H15NO2S. The van der Waals surface area contributed by atoms with Gasteiger partial charge in [-0.05, 0) is 31.2 Å². The lowest BCUT2D eigenvalue weighted by atomic mass is 10.1. The molecule has 94 valence electrons. The molecule has 2 rings (SSSR count). The third kappa shape index (κ3) is 3.17. The number of thiazole rings is 1. The Morgan fingerprint density at radius 3 is 2.61 bits per heavy atom. The van der Waals surface area contributed by atoms with Crippen LogP contribution in [0.3, 0.4) is 0 Å². The minimum atomic E-state index is 0.150. The van der Waals surface area contributed by atoms with Gasteiger partial charge in [-0.3, -0.25) is 4.79 Å². The quantitative estimate of drug-likeness (QED) is 0.772. The van der Waals surface area contributed by atoms with E-state index in [0.717, 1.165) is 22.0 Å². The zero-order valence-corrected chi connectivity index (χ0v) is 11.3. The van der Waals surface area contributed by atoms with Crippen LogP contribution in [-0.2, 0) is 6.61 Å². The summed E-state index contributed by atoms with van der Waals surface area (Å²) in [5.74, 6) is 0.910. The van der Waals surface area contributed by atoms with Gasteiger partial charge in [-0.25, -0.2) is 4.98 Å². The Morgan fingerprint density at radius 2 is 2.06 bits per heavy atom. The van der Waals surface area contributed by atoms with Gasteiger partial charge in [0.15, 0.2) is 5.78 Å². The number of Topliss-reactive ketones (excluding diaryl/α,β-unsaturated/α-hetero) is 1. The van der Waals surface area contributed by atoms with Gasteiger partial charge in [0, 0.05) is 23.1 Å². The first kappa shape index (κ1) is 12.8. The Labute approximate surface area is 110 Å². The summed E-state index contributed by atoms with van der Waals surface area (Å²) in [6, 6.07) is 7.25. The number of carbonyl (C=O) groups is 1. The van der Waals surface area contributed by atoms with E-state index in [1.54, 1.807) is 23.5 Å². The van der Waals surface area contributed by atoms with Crippen LogP contribution in [0.15, 0.2) is 29.6 Å². The highest BCUT2D eigenvalue weighted by atomic mass is 32.1. The summed E-state index contributed by atoms with van der Waals surface area (Å²) in [6.45, 7) is 4.29. The van der Waals surface area contributed by atoms with E-state index in [-0.39, 0.29) is 5.78 Å². The lowest BCUT2D eigenvalue weighted by molar-refractivity contribution is 0.0988. The maximum atomic E-state index is 11.5. The molecule has 1 aromatic heterocycles. The average molecular weight is 261 g/mol. The molecule has 0 amide bonds. The summed E-state index contributed by atoms with van der Waals surface area (Å²) in [7, 11) is 0. The van der Waals surface area contributed by atoms with Crippen LogP contribution in [0.5, 0.6) is 5.75 Å². The molecule has 18 heavy (non-hydrogen) atoms. The second kappa shape index (κ2) is 5.78. The smallest absolute Gasteiger partial charge is 0.162 e. The highest BCUT2D eigenvalue weighted by molar-refractivity contribution is 7.09. The number of nitrogens with zero attached hydrogens (tertiary/aromatic N) is 1. The van der Waals surface area contributed by atoms with Gasteiger partial charge in [-0.1, -0.05) is 6.92 Å². The molecule has 0 atom stereocenters. The predicted molar refractivity (Wildman–Crippen MR) is 72.2 cm³/mol. The van der Waals surface area contributed by atoms with Crippen molar-refractivity contribution in [1.82, 2.24) is 4.98 Å². The number of aryl methyl sites for hydroxylation is 1. The van der Waals surface area contributed by atoms with Crippen LogP contribution >= 0.6 is 11.3 Å². The lowest BCUT2D eigenvalue weighted by Crippen LogP contribution is -1.98. The first-order chi connectivity index (χ1) is 8.69. The van der Waals surface area contributed by atoms with Crippen molar-refractivity contribution in [2.75, 3.05) is 0 Å². The van der Waals surface area contributed by atoms with E-state index >= 15 is 0 Å². The Morgan fingerprint density at radius 1 is 1.33 bits per heavy atom. The fourth-order valence-corrected chi connectivity index (χ4v) is 2.24. The van der Waals surface area contributed by atoms with E-state index in [1.165, 1.54) is 0 Å². The number of hydrogen-bond donors (Lipinski definition) is 0. The maximum Gasteiger partial charge on any atom is 0.162 e. The van der Waals surface area contributed by atoms with E-state index in [4.69, 9.17) is 4.74 Å². The highest BCUT2D eigenvalue weighted by Crippen LogP contribution is 2.16. The van der Waals surface area contributed by atoms with Crippen LogP contribution < -0.4 is 4.74 Å². The molecule has 0 spiro atoms. The molecule has 0 radical (unpaired) electrons. The number of ether oxygens (including phenoxy) is 1. The first-order valence-electron chi connectivity index (χ1n) is 5.86. The summed E-state index contributed by atoms with van der Waals surface area (Å²) in [5, 5.41) is 2.96. The third-order valence-electron chi connectivity index (χ3n) is 2.53. The SMILES string of the molecule is CCC(=O)c1ccc(OCc2nc(C)cs2)cc1. The van der Waals surface area contributed by atoms with Crippen LogP contribution in [0.1, 0.15) is 34.4 Å². The van der Waals surface area contributed by atoms with Crippen molar-refractivity contribution in [2.45, 2.75) is 26.9 Å². The topological polar surface area (TPSA) is 39.2 Å². The largest absolute Gasteiger partial charge is 0.486 e. The molecule has 1 aromatic carbocycles. The van der Waals surface area contributed by atoms with E-state index < -0.39 is 0 Å². The Kier molecular flexibility index (Phi) is 4.10. The fraction of sp³-hybridized carbons (Fsp3) is 0.286. The van der Waals surface area contributed by atoms with Crippen molar-refractivity contribution >= 4 is 17.1 Å². The van der Waals surface area contributed by atoms with Gasteiger partial charge >= 0.3 is 0 Å². The Bertz CT molecular complexity index is 531. The van der Waals surface area contributed by atoms with Crippen molar-refractivity contribution in [1.29, 1.82) is 0 Å². The molecule has 1 heterocycles. The lowest BCUT2D eigenvalue weighted by Gasteiger charge is -2.04. The monoisotopic (exact) mass is 261 g/mol. The van der Waals surface area contributed by atoms with Gasteiger partial charge in [-0.2, -0.15) is 0 Å². The number of rotatable bonds is 5. The zero-order chi connectivity index (χ0) is 13.0. The Balaban J connectivity index is 1.96. The molecule has 0 aliphatic rings. The number of ketones is 1. The van der Waals surface area contributed by atoms with Gasteiger partial charge in [0.2, 0.25) is 0 Å². The summed E-state index contributed by atoms with van der Waals surface area (Å²) in [5.41, 5.74) is 1.75. The normalized spacial score (nSPS) is 10.3. The van der Waals surface area contributed by atoms with E-state index in [2.05, 4.69) is 4.98 Å². The molecule has 0 aliphatic carbocycles. The van der Waals surface area contributed by atoms with Crippen molar-refractivity contribution < 1.29 is 9.53 Å². The maximum absolute atomic E-state index is 11.5. The highest BCUT2D eigenvalue weighted by Gasteiger charge is 2.04. The summed E-state index contributed by atoms with van der Waals surface area (Å²) in [4.78, 5) is 15.8. The number of hydrogen-bond acceptors (Lipinski definition) is 4. The Hall–Kier alpha value is -1.68. The molecule has 0 saturated carbocycles. The molecule has 3 nitrogen and oxygen atoms in total. The van der Waals surface area contributed by atoms with Crippen molar-refractivity contribution in [3.8, 4) is 5.75 Å². The average Bonchev–Trinajstić information content (AvgIpc) is 2.82. The third-order valence-corrected chi connectivity index (χ3v) is 3.47.